The minimum absolute atomic E-state index is 0.0513. The summed E-state index contributed by atoms with van der Waals surface area (Å²) < 4.78 is 28.4. The Morgan fingerprint density at radius 3 is 2.93 bits per heavy atom. The summed E-state index contributed by atoms with van der Waals surface area (Å²) in [5.74, 6) is -1.16. The third-order valence-corrected chi connectivity index (χ3v) is 5.53. The summed E-state index contributed by atoms with van der Waals surface area (Å²) in [7, 11) is 0. The molecule has 1 aliphatic heterocycles. The first kappa shape index (κ1) is 19.6. The van der Waals surface area contributed by atoms with Crippen molar-refractivity contribution in [1.29, 1.82) is 0 Å². The second-order valence-electron chi connectivity index (χ2n) is 6.91. The zero-order valence-electron chi connectivity index (χ0n) is 15.4. The van der Waals surface area contributed by atoms with Gasteiger partial charge < -0.3 is 14.8 Å². The van der Waals surface area contributed by atoms with Crippen LogP contribution in [0.1, 0.15) is 26.3 Å². The Morgan fingerprint density at radius 1 is 1.37 bits per heavy atom. The van der Waals surface area contributed by atoms with E-state index >= 15 is 0 Å². The Hall–Kier alpha value is -2.16. The molecule has 1 aromatic heterocycles. The lowest BCUT2D eigenvalue weighted by molar-refractivity contribution is -0.118. The molecule has 6 nitrogen and oxygen atoms in total. The van der Waals surface area contributed by atoms with Crippen LogP contribution in [0.2, 0.25) is 0 Å². The number of aromatic nitrogens is 3. The van der Waals surface area contributed by atoms with Crippen LogP contribution in [0.15, 0.2) is 29.7 Å². The maximum atomic E-state index is 13.4. The molecule has 1 amide bonds. The van der Waals surface area contributed by atoms with Gasteiger partial charge in [-0.3, -0.25) is 4.79 Å². The molecule has 0 saturated carbocycles. The number of hydrogen-bond acceptors (Lipinski definition) is 5. The van der Waals surface area contributed by atoms with E-state index < -0.39 is 11.6 Å². The lowest BCUT2D eigenvalue weighted by atomic mass is 10.1. The molecule has 1 N–H and O–H groups in total. The topological polar surface area (TPSA) is 63.1 Å². The third-order valence-electron chi connectivity index (χ3n) is 4.57. The fourth-order valence-corrected chi connectivity index (χ4v) is 3.92. The molecule has 2 aromatic rings. The molecule has 3 rings (SSSR count). The largest absolute Gasteiger partial charge is 0.371 e. The minimum Gasteiger partial charge on any atom is -0.371 e. The molecule has 0 radical (unpaired) electrons. The third kappa shape index (κ3) is 4.97. The van der Waals surface area contributed by atoms with E-state index in [9.17, 15) is 13.6 Å². The number of thioether (sulfide) groups is 1. The molecule has 1 atom stereocenters. The van der Waals surface area contributed by atoms with Crippen molar-refractivity contribution in [1.82, 2.24) is 20.1 Å². The first-order valence-electron chi connectivity index (χ1n) is 8.93. The number of hydrogen-bond donors (Lipinski definition) is 1. The highest BCUT2D eigenvalue weighted by Gasteiger charge is 2.24. The van der Waals surface area contributed by atoms with Crippen LogP contribution in [0.5, 0.6) is 0 Å². The Labute approximate surface area is 161 Å². The highest BCUT2D eigenvalue weighted by molar-refractivity contribution is 7.99. The lowest BCUT2D eigenvalue weighted by Crippen LogP contribution is -2.32. The van der Waals surface area contributed by atoms with Crippen molar-refractivity contribution in [3.8, 4) is 0 Å². The highest BCUT2D eigenvalue weighted by Crippen LogP contribution is 2.25. The molecular formula is C18H23F2N5OS. The van der Waals surface area contributed by atoms with Gasteiger partial charge in [0.1, 0.15) is 6.33 Å². The fraction of sp³-hybridized carbons (Fsp3) is 0.500. The van der Waals surface area contributed by atoms with Gasteiger partial charge in [0, 0.05) is 37.4 Å². The van der Waals surface area contributed by atoms with Gasteiger partial charge in [-0.05, 0) is 38.3 Å². The number of benzene rings is 1. The molecule has 27 heavy (non-hydrogen) atoms. The number of carbonyl (C=O) groups excluding carboxylic acids is 1. The zero-order valence-corrected chi connectivity index (χ0v) is 16.2. The van der Waals surface area contributed by atoms with Crippen LogP contribution >= 0.6 is 11.8 Å². The van der Waals surface area contributed by atoms with E-state index in [1.165, 1.54) is 17.8 Å². The van der Waals surface area contributed by atoms with Gasteiger partial charge >= 0.3 is 0 Å². The molecule has 9 heteroatoms. The van der Waals surface area contributed by atoms with Crippen molar-refractivity contribution in [2.24, 2.45) is 5.92 Å². The molecule has 1 aromatic carbocycles. The average molecular weight is 395 g/mol. The summed E-state index contributed by atoms with van der Waals surface area (Å²) in [6.07, 6.45) is 2.56. The van der Waals surface area contributed by atoms with Crippen molar-refractivity contribution in [2.75, 3.05) is 30.3 Å². The van der Waals surface area contributed by atoms with Crippen LogP contribution in [0.25, 0.3) is 0 Å². The number of halogens is 2. The molecule has 0 aliphatic carbocycles. The van der Waals surface area contributed by atoms with Crippen molar-refractivity contribution < 1.29 is 13.6 Å². The fourth-order valence-electron chi connectivity index (χ4n) is 3.04. The lowest BCUT2D eigenvalue weighted by Gasteiger charge is -2.19. The van der Waals surface area contributed by atoms with Crippen LogP contribution in [-0.2, 0) is 4.79 Å². The quantitative estimate of drug-likeness (QED) is 0.731. The van der Waals surface area contributed by atoms with Gasteiger partial charge in [-0.25, -0.2) is 8.78 Å². The molecule has 0 spiro atoms. The van der Waals surface area contributed by atoms with Gasteiger partial charge in [-0.15, -0.1) is 10.2 Å². The van der Waals surface area contributed by atoms with E-state index in [2.05, 4.69) is 15.5 Å². The molecule has 1 fully saturated rings. The number of nitrogens with zero attached hydrogens (tertiary/aromatic N) is 4. The summed E-state index contributed by atoms with van der Waals surface area (Å²) in [6.45, 7) is 6.10. The molecule has 1 aliphatic rings. The van der Waals surface area contributed by atoms with Crippen LogP contribution in [0.4, 0.5) is 14.5 Å². The summed E-state index contributed by atoms with van der Waals surface area (Å²) in [5.41, 5.74) is 0.673. The van der Waals surface area contributed by atoms with Gasteiger partial charge in [-0.1, -0.05) is 11.8 Å². The monoisotopic (exact) mass is 395 g/mol. The van der Waals surface area contributed by atoms with Gasteiger partial charge in [0.05, 0.1) is 5.75 Å². The van der Waals surface area contributed by atoms with Crippen LogP contribution < -0.4 is 10.2 Å². The second-order valence-corrected chi connectivity index (χ2v) is 7.85. The van der Waals surface area contributed by atoms with E-state index in [-0.39, 0.29) is 23.6 Å². The Morgan fingerprint density at radius 2 is 2.19 bits per heavy atom. The Kier molecular flexibility index (Phi) is 6.30. The standard InChI is InChI=1S/C18H23F2N5OS/c1-12(2)25-11-22-23-18(25)27-10-17(26)21-8-13-5-6-24(9-13)14-3-4-15(19)16(20)7-14/h3-4,7,11-13H,5-6,8-10H2,1-2H3,(H,21,26). The summed E-state index contributed by atoms with van der Waals surface area (Å²) in [4.78, 5) is 14.1. The number of nitrogens with one attached hydrogen (secondary N) is 1. The molecule has 146 valence electrons. The number of amides is 1. The number of rotatable bonds is 7. The molecule has 0 bridgehead atoms. The van der Waals surface area contributed by atoms with Gasteiger partial charge in [-0.2, -0.15) is 0 Å². The van der Waals surface area contributed by atoms with Crippen molar-refractivity contribution >= 4 is 23.4 Å². The predicted molar refractivity (Wildman–Crippen MR) is 101 cm³/mol. The van der Waals surface area contributed by atoms with Crippen LogP contribution in [0.3, 0.4) is 0 Å². The average Bonchev–Trinajstić information content (AvgIpc) is 3.29. The molecular weight excluding hydrogens is 372 g/mol. The first-order valence-corrected chi connectivity index (χ1v) is 9.91. The highest BCUT2D eigenvalue weighted by atomic mass is 32.2. The van der Waals surface area contributed by atoms with E-state index in [0.29, 0.717) is 18.8 Å². The summed E-state index contributed by atoms with van der Waals surface area (Å²) >= 11 is 1.36. The maximum Gasteiger partial charge on any atom is 0.230 e. The summed E-state index contributed by atoms with van der Waals surface area (Å²) in [6, 6.07) is 4.19. The molecule has 1 unspecified atom stereocenters. The molecule has 2 heterocycles. The van der Waals surface area contributed by atoms with E-state index in [0.717, 1.165) is 24.2 Å². The van der Waals surface area contributed by atoms with Gasteiger partial charge in [0.15, 0.2) is 16.8 Å². The van der Waals surface area contributed by atoms with Crippen molar-refractivity contribution in [3.63, 3.8) is 0 Å². The zero-order chi connectivity index (χ0) is 19.4. The molecule has 1 saturated heterocycles. The van der Waals surface area contributed by atoms with E-state index in [1.807, 2.05) is 23.3 Å². The van der Waals surface area contributed by atoms with Gasteiger partial charge in [0.2, 0.25) is 5.91 Å². The first-order chi connectivity index (χ1) is 12.9. The minimum atomic E-state index is -0.840. The van der Waals surface area contributed by atoms with E-state index in [1.54, 1.807) is 12.4 Å². The Balaban J connectivity index is 1.43. The number of carbonyl (C=O) groups is 1. The maximum absolute atomic E-state index is 13.4. The summed E-state index contributed by atoms with van der Waals surface area (Å²) in [5, 5.41) is 11.6. The normalized spacial score (nSPS) is 16.9. The Bertz CT molecular complexity index is 798. The van der Waals surface area contributed by atoms with Gasteiger partial charge in [0.25, 0.3) is 0 Å². The SMILES string of the molecule is CC(C)n1cnnc1SCC(=O)NCC1CCN(c2ccc(F)c(F)c2)C1. The predicted octanol–water partition coefficient (Wildman–Crippen LogP) is 2.87. The van der Waals surface area contributed by atoms with Crippen LogP contribution in [0, 0.1) is 17.6 Å². The van der Waals surface area contributed by atoms with Crippen molar-refractivity contribution in [3.05, 3.63) is 36.2 Å². The van der Waals surface area contributed by atoms with Crippen molar-refractivity contribution in [2.45, 2.75) is 31.5 Å². The van der Waals surface area contributed by atoms with E-state index in [4.69, 9.17) is 0 Å². The second kappa shape index (κ2) is 8.69. The van der Waals surface area contributed by atoms with Crippen LogP contribution in [-0.4, -0.2) is 46.1 Å². The number of anilines is 1. The smallest absolute Gasteiger partial charge is 0.230 e.